The van der Waals surface area contributed by atoms with Gasteiger partial charge in [-0.3, -0.25) is 9.79 Å². The fraction of sp³-hybridized carbons (Fsp3) is 0.625. The second-order valence-corrected chi connectivity index (χ2v) is 9.23. The van der Waals surface area contributed by atoms with Gasteiger partial charge in [0.15, 0.2) is 17.0 Å². The number of hydrogen-bond donors (Lipinski definition) is 1. The number of imidazole rings is 1. The molecule has 2 aliphatic rings. The Bertz CT molecular complexity index is 1140. The number of alkyl halides is 3. The number of aryl methyl sites for hydroxylation is 1. The Balaban J connectivity index is 1.51. The molecule has 1 saturated heterocycles. The van der Waals surface area contributed by atoms with Gasteiger partial charge < -0.3 is 14.8 Å². The number of rotatable bonds is 8. The lowest BCUT2D eigenvalue weighted by Gasteiger charge is -2.21. The Kier molecular flexibility index (Phi) is 7.42. The summed E-state index contributed by atoms with van der Waals surface area (Å²) in [5.41, 5.74) is 1.05. The number of fused-ring (bicyclic) bond motifs is 1. The number of carbonyl (C=O) groups is 1. The first kappa shape index (κ1) is 25.1. The minimum absolute atomic E-state index is 0.0200. The van der Waals surface area contributed by atoms with E-state index in [9.17, 15) is 18.0 Å². The summed E-state index contributed by atoms with van der Waals surface area (Å²) in [6.07, 6.45) is 2.14. The molecule has 4 heterocycles. The molecule has 2 unspecified atom stereocenters. The number of hydrogen-bond acceptors (Lipinski definition) is 6. The van der Waals surface area contributed by atoms with Crippen LogP contribution in [-0.4, -0.2) is 67.9 Å². The number of unbranched alkanes of at least 4 members (excludes halogenated alkanes) is 1. The third-order valence-corrected chi connectivity index (χ3v) is 6.70. The summed E-state index contributed by atoms with van der Waals surface area (Å²) in [5, 5.41) is 3.43. The van der Waals surface area contributed by atoms with E-state index in [4.69, 9.17) is 4.98 Å². The van der Waals surface area contributed by atoms with Gasteiger partial charge in [0.1, 0.15) is 17.9 Å². The zero-order chi connectivity index (χ0) is 25.2. The molecule has 2 aromatic rings. The normalized spacial score (nSPS) is 19.6. The number of nitrogens with zero attached hydrogens (tertiary/aromatic N) is 6. The molecular formula is C24H32F3N7O. The van der Waals surface area contributed by atoms with Crippen molar-refractivity contribution in [1.29, 1.82) is 0 Å². The van der Waals surface area contributed by atoms with Crippen LogP contribution in [0.1, 0.15) is 58.7 Å². The van der Waals surface area contributed by atoms with Crippen LogP contribution in [0.5, 0.6) is 0 Å². The fourth-order valence-corrected chi connectivity index (χ4v) is 4.70. The Morgan fingerprint density at radius 3 is 2.74 bits per heavy atom. The third-order valence-electron chi connectivity index (χ3n) is 6.70. The van der Waals surface area contributed by atoms with E-state index in [1.807, 2.05) is 23.3 Å². The van der Waals surface area contributed by atoms with Gasteiger partial charge in [0, 0.05) is 43.6 Å². The van der Waals surface area contributed by atoms with E-state index in [0.29, 0.717) is 48.0 Å². The third kappa shape index (κ3) is 5.33. The van der Waals surface area contributed by atoms with Gasteiger partial charge in [-0.25, -0.2) is 15.0 Å². The molecule has 35 heavy (non-hydrogen) atoms. The van der Waals surface area contributed by atoms with Crippen molar-refractivity contribution in [3.05, 3.63) is 18.2 Å². The van der Waals surface area contributed by atoms with E-state index in [-0.39, 0.29) is 30.8 Å². The smallest absolute Gasteiger partial charge is 0.364 e. The average Bonchev–Trinajstić information content (AvgIpc) is 3.46. The molecule has 0 aliphatic carbocycles. The van der Waals surface area contributed by atoms with Crippen molar-refractivity contribution in [2.75, 3.05) is 25.0 Å². The van der Waals surface area contributed by atoms with Crippen molar-refractivity contribution in [3.8, 4) is 0 Å². The molecule has 190 valence electrons. The number of nitrogens with one attached hydrogen (secondary N) is 1. The number of likely N-dealkylation sites (tertiary alicyclic amines) is 1. The van der Waals surface area contributed by atoms with E-state index in [0.717, 1.165) is 25.7 Å². The number of anilines is 1. The second kappa shape index (κ2) is 10.3. The Labute approximate surface area is 202 Å². The summed E-state index contributed by atoms with van der Waals surface area (Å²) in [6, 6.07) is 0.0403. The number of halogens is 3. The first-order valence-corrected chi connectivity index (χ1v) is 12.3. The highest BCUT2D eigenvalue weighted by Gasteiger charge is 2.36. The predicted molar refractivity (Wildman–Crippen MR) is 129 cm³/mol. The molecule has 0 saturated carbocycles. The fourth-order valence-electron chi connectivity index (χ4n) is 4.70. The first-order valence-electron chi connectivity index (χ1n) is 12.3. The number of aromatic nitrogens is 4. The molecule has 2 aromatic heterocycles. The van der Waals surface area contributed by atoms with Crippen LogP contribution in [0, 0.1) is 5.92 Å². The molecule has 1 N–H and O–H groups in total. The van der Waals surface area contributed by atoms with Crippen LogP contribution >= 0.6 is 0 Å². The van der Waals surface area contributed by atoms with Crippen LogP contribution in [-0.2, 0) is 11.3 Å². The van der Waals surface area contributed by atoms with Crippen LogP contribution in [0.3, 0.4) is 0 Å². The van der Waals surface area contributed by atoms with Crippen LogP contribution in [0.2, 0.25) is 0 Å². The number of carbonyl (C=O) groups excluding carboxylic acids is 1. The predicted octanol–water partition coefficient (Wildman–Crippen LogP) is 4.48. The maximum atomic E-state index is 13.0. The Morgan fingerprint density at radius 1 is 1.29 bits per heavy atom. The molecule has 1 fully saturated rings. The summed E-state index contributed by atoms with van der Waals surface area (Å²) >= 11 is 0. The number of allylic oxidation sites excluding steroid dienone is 1. The summed E-state index contributed by atoms with van der Waals surface area (Å²) < 4.78 is 40.8. The lowest BCUT2D eigenvalue weighted by molar-refractivity contribution is -0.134. The summed E-state index contributed by atoms with van der Waals surface area (Å²) in [4.78, 5) is 32.0. The zero-order valence-electron chi connectivity index (χ0n) is 20.4. The molecule has 0 radical (unpaired) electrons. The van der Waals surface area contributed by atoms with Gasteiger partial charge in [0.05, 0.1) is 6.54 Å². The Morgan fingerprint density at radius 2 is 2.09 bits per heavy atom. The van der Waals surface area contributed by atoms with Crippen molar-refractivity contribution >= 4 is 34.2 Å². The molecule has 0 aromatic carbocycles. The van der Waals surface area contributed by atoms with Crippen molar-refractivity contribution in [3.63, 3.8) is 0 Å². The second-order valence-electron chi connectivity index (χ2n) is 9.23. The first-order chi connectivity index (χ1) is 16.7. The van der Waals surface area contributed by atoms with Crippen molar-refractivity contribution < 1.29 is 18.0 Å². The summed E-state index contributed by atoms with van der Waals surface area (Å²) in [6.45, 7) is 7.82. The SMILES string of the molecule is CCCCC(C)C(=O)N1CCC(Nc2ncnc3c2nc(C2=CCC(C(F)(F)F)=NC2)n3CC)C1. The molecule has 8 nitrogen and oxygen atoms in total. The molecule has 0 spiro atoms. The minimum Gasteiger partial charge on any atom is -0.364 e. The molecule has 2 aliphatic heterocycles. The van der Waals surface area contributed by atoms with Gasteiger partial charge in [-0.2, -0.15) is 13.2 Å². The summed E-state index contributed by atoms with van der Waals surface area (Å²) in [7, 11) is 0. The topological polar surface area (TPSA) is 88.3 Å². The van der Waals surface area contributed by atoms with Crippen LogP contribution in [0.15, 0.2) is 17.4 Å². The highest BCUT2D eigenvalue weighted by atomic mass is 19.4. The highest BCUT2D eigenvalue weighted by molar-refractivity contribution is 5.95. The maximum Gasteiger partial charge on any atom is 0.429 e. The van der Waals surface area contributed by atoms with Gasteiger partial charge in [0.2, 0.25) is 5.91 Å². The van der Waals surface area contributed by atoms with Crippen LogP contribution in [0.4, 0.5) is 19.0 Å². The van der Waals surface area contributed by atoms with E-state index < -0.39 is 11.9 Å². The molecular weight excluding hydrogens is 459 g/mol. The molecule has 2 atom stereocenters. The van der Waals surface area contributed by atoms with Gasteiger partial charge in [-0.05, 0) is 19.8 Å². The number of amides is 1. The lowest BCUT2D eigenvalue weighted by Crippen LogP contribution is -2.35. The molecule has 4 rings (SSSR count). The minimum atomic E-state index is -4.42. The van der Waals surface area contributed by atoms with Crippen molar-refractivity contribution in [2.24, 2.45) is 10.9 Å². The lowest BCUT2D eigenvalue weighted by atomic mass is 10.0. The molecule has 11 heteroatoms. The van der Waals surface area contributed by atoms with E-state index in [1.165, 1.54) is 6.33 Å². The van der Waals surface area contributed by atoms with Crippen molar-refractivity contribution in [1.82, 2.24) is 24.4 Å². The van der Waals surface area contributed by atoms with E-state index in [2.05, 4.69) is 27.2 Å². The van der Waals surface area contributed by atoms with Crippen molar-refractivity contribution in [2.45, 2.75) is 71.6 Å². The Hall–Kier alpha value is -2.98. The zero-order valence-corrected chi connectivity index (χ0v) is 20.4. The largest absolute Gasteiger partial charge is 0.429 e. The highest BCUT2D eigenvalue weighted by Crippen LogP contribution is 2.30. The standard InChI is InChI=1S/C24H32F3N7O/c1-4-6-7-15(3)23(35)33-11-10-17(13-33)31-20-19-22(30-14-29-20)34(5-2)21(32-19)16-8-9-18(28-12-16)24(25,26)27/h8,14-15,17H,4-7,9-13H2,1-3H3,(H,29,30,31). The van der Waals surface area contributed by atoms with Crippen LogP contribution in [0.25, 0.3) is 16.7 Å². The quantitative estimate of drug-likeness (QED) is 0.589. The maximum absolute atomic E-state index is 13.0. The van der Waals surface area contributed by atoms with Gasteiger partial charge in [-0.1, -0.05) is 32.8 Å². The van der Waals surface area contributed by atoms with E-state index >= 15 is 0 Å². The monoisotopic (exact) mass is 491 g/mol. The average molecular weight is 492 g/mol. The van der Waals surface area contributed by atoms with Gasteiger partial charge in [0.25, 0.3) is 0 Å². The molecule has 0 bridgehead atoms. The van der Waals surface area contributed by atoms with Gasteiger partial charge in [-0.15, -0.1) is 0 Å². The summed E-state index contributed by atoms with van der Waals surface area (Å²) in [5.74, 6) is 1.34. The van der Waals surface area contributed by atoms with Crippen LogP contribution < -0.4 is 5.32 Å². The number of aliphatic imine (C=N–C) groups is 1. The van der Waals surface area contributed by atoms with Gasteiger partial charge >= 0.3 is 6.18 Å². The van der Waals surface area contributed by atoms with E-state index in [1.54, 1.807) is 6.08 Å². The number of dihydropyridines is 1. The molecule has 1 amide bonds.